The summed E-state index contributed by atoms with van der Waals surface area (Å²) in [6, 6.07) is 16.5. The molecule has 1 saturated heterocycles. The Morgan fingerprint density at radius 1 is 1.19 bits per heavy atom. The van der Waals surface area contributed by atoms with Crippen molar-refractivity contribution in [1.29, 1.82) is 5.26 Å². The summed E-state index contributed by atoms with van der Waals surface area (Å²) < 4.78 is 11.1. The SMILES string of the molecule is CC(Oc1ccc(C#N)cc1)C(=O)Nc1ccccc1N1CCOCC1. The highest BCUT2D eigenvalue weighted by atomic mass is 16.5. The number of para-hydroxylation sites is 2. The first kappa shape index (κ1) is 17.8. The molecule has 1 heterocycles. The molecule has 0 saturated carbocycles. The molecule has 1 amide bonds. The van der Waals surface area contributed by atoms with E-state index in [1.807, 2.05) is 24.3 Å². The van der Waals surface area contributed by atoms with Gasteiger partial charge in [-0.1, -0.05) is 12.1 Å². The van der Waals surface area contributed by atoms with Gasteiger partial charge in [0.2, 0.25) is 0 Å². The number of amides is 1. The molecule has 3 rings (SSSR count). The largest absolute Gasteiger partial charge is 0.481 e. The van der Waals surface area contributed by atoms with E-state index in [1.54, 1.807) is 31.2 Å². The van der Waals surface area contributed by atoms with Crippen LogP contribution in [0.1, 0.15) is 12.5 Å². The minimum absolute atomic E-state index is 0.227. The molecule has 1 fully saturated rings. The van der Waals surface area contributed by atoms with Gasteiger partial charge in [0.25, 0.3) is 5.91 Å². The lowest BCUT2D eigenvalue weighted by molar-refractivity contribution is -0.122. The molecule has 2 aromatic rings. The van der Waals surface area contributed by atoms with Crippen LogP contribution >= 0.6 is 0 Å². The molecule has 0 spiro atoms. The fraction of sp³-hybridized carbons (Fsp3) is 0.300. The van der Waals surface area contributed by atoms with Crippen molar-refractivity contribution in [1.82, 2.24) is 0 Å². The van der Waals surface area contributed by atoms with Crippen LogP contribution in [-0.4, -0.2) is 38.3 Å². The smallest absolute Gasteiger partial charge is 0.265 e. The second-order valence-electron chi connectivity index (χ2n) is 6.00. The van der Waals surface area contributed by atoms with Gasteiger partial charge in [-0.25, -0.2) is 0 Å². The van der Waals surface area contributed by atoms with Crippen molar-refractivity contribution >= 4 is 17.3 Å². The van der Waals surface area contributed by atoms with Gasteiger partial charge in [-0.3, -0.25) is 4.79 Å². The van der Waals surface area contributed by atoms with Gasteiger partial charge in [0.05, 0.1) is 36.2 Å². The van der Waals surface area contributed by atoms with Gasteiger partial charge >= 0.3 is 0 Å². The summed E-state index contributed by atoms with van der Waals surface area (Å²) in [5.41, 5.74) is 2.29. The minimum atomic E-state index is -0.666. The van der Waals surface area contributed by atoms with Gasteiger partial charge in [0.1, 0.15) is 5.75 Å². The Hall–Kier alpha value is -3.04. The van der Waals surface area contributed by atoms with Gasteiger partial charge in [0, 0.05) is 13.1 Å². The maximum atomic E-state index is 12.5. The second-order valence-corrected chi connectivity index (χ2v) is 6.00. The number of hydrogen-bond acceptors (Lipinski definition) is 5. The predicted octanol–water partition coefficient (Wildman–Crippen LogP) is 2.80. The van der Waals surface area contributed by atoms with Gasteiger partial charge in [-0.15, -0.1) is 0 Å². The minimum Gasteiger partial charge on any atom is -0.481 e. The fourth-order valence-electron chi connectivity index (χ4n) is 2.76. The molecule has 1 N–H and O–H groups in total. The molecule has 6 heteroatoms. The van der Waals surface area contributed by atoms with Crippen LogP contribution in [0.2, 0.25) is 0 Å². The number of ether oxygens (including phenoxy) is 2. The third-order valence-corrected chi connectivity index (χ3v) is 4.18. The topological polar surface area (TPSA) is 74.6 Å². The number of nitrogens with zero attached hydrogens (tertiary/aromatic N) is 2. The zero-order valence-corrected chi connectivity index (χ0v) is 14.6. The fourth-order valence-corrected chi connectivity index (χ4v) is 2.76. The van der Waals surface area contributed by atoms with Crippen LogP contribution in [0.15, 0.2) is 48.5 Å². The van der Waals surface area contributed by atoms with Crippen LogP contribution < -0.4 is 15.0 Å². The van der Waals surface area contributed by atoms with Crippen molar-refractivity contribution in [2.45, 2.75) is 13.0 Å². The van der Waals surface area contributed by atoms with Crippen LogP contribution in [-0.2, 0) is 9.53 Å². The van der Waals surface area contributed by atoms with E-state index in [-0.39, 0.29) is 5.91 Å². The zero-order valence-electron chi connectivity index (χ0n) is 14.6. The normalized spacial score (nSPS) is 15.0. The van der Waals surface area contributed by atoms with Crippen molar-refractivity contribution < 1.29 is 14.3 Å². The number of nitrogens with one attached hydrogen (secondary N) is 1. The molecule has 0 bridgehead atoms. The van der Waals surface area contributed by atoms with E-state index in [1.165, 1.54) is 0 Å². The number of carbonyl (C=O) groups is 1. The molecule has 1 aliphatic rings. The van der Waals surface area contributed by atoms with E-state index in [2.05, 4.69) is 16.3 Å². The Labute approximate surface area is 152 Å². The van der Waals surface area contributed by atoms with Crippen molar-refractivity contribution in [2.24, 2.45) is 0 Å². The van der Waals surface area contributed by atoms with E-state index in [0.29, 0.717) is 24.5 Å². The Morgan fingerprint density at radius 2 is 1.88 bits per heavy atom. The van der Waals surface area contributed by atoms with E-state index < -0.39 is 6.10 Å². The molecule has 26 heavy (non-hydrogen) atoms. The van der Waals surface area contributed by atoms with Crippen LogP contribution in [0, 0.1) is 11.3 Å². The summed E-state index contributed by atoms with van der Waals surface area (Å²) >= 11 is 0. The summed E-state index contributed by atoms with van der Waals surface area (Å²) in [5, 5.41) is 11.8. The third-order valence-electron chi connectivity index (χ3n) is 4.18. The predicted molar refractivity (Wildman–Crippen MR) is 99.4 cm³/mol. The molecule has 2 aromatic carbocycles. The van der Waals surface area contributed by atoms with Crippen LogP contribution in [0.5, 0.6) is 5.75 Å². The van der Waals surface area contributed by atoms with Gasteiger partial charge in [0.15, 0.2) is 6.10 Å². The lowest BCUT2D eigenvalue weighted by Crippen LogP contribution is -2.37. The number of rotatable bonds is 5. The van der Waals surface area contributed by atoms with Gasteiger partial charge in [-0.2, -0.15) is 5.26 Å². The van der Waals surface area contributed by atoms with E-state index >= 15 is 0 Å². The third kappa shape index (κ3) is 4.32. The second kappa shape index (κ2) is 8.37. The number of morpholine rings is 1. The Balaban J connectivity index is 1.66. The molecule has 0 radical (unpaired) electrons. The first-order valence-electron chi connectivity index (χ1n) is 8.57. The van der Waals surface area contributed by atoms with E-state index in [0.717, 1.165) is 24.5 Å². The monoisotopic (exact) mass is 351 g/mol. The van der Waals surface area contributed by atoms with Crippen molar-refractivity contribution in [2.75, 3.05) is 36.5 Å². The Morgan fingerprint density at radius 3 is 2.58 bits per heavy atom. The average Bonchev–Trinajstić information content (AvgIpc) is 2.69. The van der Waals surface area contributed by atoms with Crippen molar-refractivity contribution in [3.8, 4) is 11.8 Å². The molecule has 6 nitrogen and oxygen atoms in total. The maximum absolute atomic E-state index is 12.5. The molecule has 1 aliphatic heterocycles. The molecule has 134 valence electrons. The number of nitriles is 1. The number of hydrogen-bond donors (Lipinski definition) is 1. The summed E-state index contributed by atoms with van der Waals surface area (Å²) in [6.07, 6.45) is -0.666. The molecule has 0 aromatic heterocycles. The molecule has 1 unspecified atom stereocenters. The van der Waals surface area contributed by atoms with Crippen molar-refractivity contribution in [3.63, 3.8) is 0 Å². The molecular weight excluding hydrogens is 330 g/mol. The highest BCUT2D eigenvalue weighted by molar-refractivity contribution is 5.97. The quantitative estimate of drug-likeness (QED) is 0.897. The number of benzene rings is 2. The molecule has 0 aliphatic carbocycles. The van der Waals surface area contributed by atoms with E-state index in [4.69, 9.17) is 14.7 Å². The lowest BCUT2D eigenvalue weighted by atomic mass is 10.2. The van der Waals surface area contributed by atoms with E-state index in [9.17, 15) is 4.79 Å². The summed E-state index contributed by atoms with van der Waals surface area (Å²) in [4.78, 5) is 14.7. The summed E-state index contributed by atoms with van der Waals surface area (Å²) in [6.45, 7) is 4.65. The molecular formula is C20H21N3O3. The Bertz CT molecular complexity index is 793. The highest BCUT2D eigenvalue weighted by Crippen LogP contribution is 2.26. The van der Waals surface area contributed by atoms with Crippen LogP contribution in [0.25, 0.3) is 0 Å². The Kier molecular flexibility index (Phi) is 5.72. The van der Waals surface area contributed by atoms with Gasteiger partial charge in [-0.05, 0) is 43.3 Å². The maximum Gasteiger partial charge on any atom is 0.265 e. The lowest BCUT2D eigenvalue weighted by Gasteiger charge is -2.30. The van der Waals surface area contributed by atoms with Crippen LogP contribution in [0.4, 0.5) is 11.4 Å². The number of anilines is 2. The number of carbonyl (C=O) groups excluding carboxylic acids is 1. The zero-order chi connectivity index (χ0) is 18.4. The van der Waals surface area contributed by atoms with Gasteiger partial charge < -0.3 is 19.7 Å². The summed E-state index contributed by atoms with van der Waals surface area (Å²) in [7, 11) is 0. The highest BCUT2D eigenvalue weighted by Gasteiger charge is 2.19. The van der Waals surface area contributed by atoms with Crippen LogP contribution in [0.3, 0.4) is 0 Å². The summed E-state index contributed by atoms with van der Waals surface area (Å²) in [5.74, 6) is 0.322. The van der Waals surface area contributed by atoms with Crippen molar-refractivity contribution in [3.05, 3.63) is 54.1 Å². The standard InChI is InChI=1S/C20H21N3O3/c1-15(26-17-8-6-16(14-21)7-9-17)20(24)22-18-4-2-3-5-19(18)23-10-12-25-13-11-23/h2-9,15H,10-13H2,1H3,(H,22,24). The first-order chi connectivity index (χ1) is 12.7. The molecule has 1 atom stereocenters. The first-order valence-corrected chi connectivity index (χ1v) is 8.57. The average molecular weight is 351 g/mol.